The maximum Gasteiger partial charge on any atom is 0.335 e. The van der Waals surface area contributed by atoms with Crippen LogP contribution >= 0.6 is 0 Å². The predicted octanol–water partition coefficient (Wildman–Crippen LogP) is 1.76. The number of benzene rings is 1. The number of ether oxygens (including phenoxy) is 2. The topological polar surface area (TPSA) is 84.9 Å². The van der Waals surface area contributed by atoms with Crippen molar-refractivity contribution >= 4 is 17.6 Å². The van der Waals surface area contributed by atoms with Crippen LogP contribution in [0.15, 0.2) is 18.2 Å². The summed E-state index contributed by atoms with van der Waals surface area (Å²) in [6.07, 6.45) is -0.0574. The van der Waals surface area contributed by atoms with E-state index in [1.807, 2.05) is 13.8 Å². The minimum Gasteiger partial charge on any atom is -0.495 e. The van der Waals surface area contributed by atoms with Crippen molar-refractivity contribution in [3.05, 3.63) is 23.8 Å². The quantitative estimate of drug-likeness (QED) is 0.820. The number of carbonyl (C=O) groups excluding carboxylic acids is 1. The highest BCUT2D eigenvalue weighted by Gasteiger charge is 2.12. The number of carboxylic acid groups (broad SMARTS) is 1. The number of carbonyl (C=O) groups is 2. The van der Waals surface area contributed by atoms with Crippen LogP contribution in [0.4, 0.5) is 5.69 Å². The third-order valence-electron chi connectivity index (χ3n) is 2.27. The molecule has 0 aliphatic carbocycles. The highest BCUT2D eigenvalue weighted by Crippen LogP contribution is 2.25. The first-order valence-corrected chi connectivity index (χ1v) is 5.76. The zero-order valence-electron chi connectivity index (χ0n) is 11.1. The van der Waals surface area contributed by atoms with Crippen molar-refractivity contribution < 1.29 is 24.2 Å². The molecule has 0 aromatic heterocycles. The average Bonchev–Trinajstić information content (AvgIpc) is 2.36. The summed E-state index contributed by atoms with van der Waals surface area (Å²) in [6.45, 7) is 3.54. The molecule has 1 amide bonds. The molecule has 1 aromatic carbocycles. The number of hydrogen-bond acceptors (Lipinski definition) is 4. The summed E-state index contributed by atoms with van der Waals surface area (Å²) in [5.74, 6) is -1.05. The molecule has 0 atom stereocenters. The second-order valence-electron chi connectivity index (χ2n) is 4.13. The summed E-state index contributed by atoms with van der Waals surface area (Å²) >= 11 is 0. The monoisotopic (exact) mass is 267 g/mol. The number of rotatable bonds is 6. The molecule has 0 radical (unpaired) electrons. The molecule has 2 N–H and O–H groups in total. The van der Waals surface area contributed by atoms with Crippen LogP contribution in [0.25, 0.3) is 0 Å². The molecule has 0 fully saturated rings. The number of nitrogens with one attached hydrogen (secondary N) is 1. The van der Waals surface area contributed by atoms with Gasteiger partial charge in [-0.1, -0.05) is 0 Å². The molecule has 6 heteroatoms. The number of aromatic carboxylic acids is 1. The molecule has 0 saturated carbocycles. The molecular formula is C13H17NO5. The van der Waals surface area contributed by atoms with Gasteiger partial charge in [0.2, 0.25) is 5.91 Å². The largest absolute Gasteiger partial charge is 0.495 e. The van der Waals surface area contributed by atoms with E-state index in [0.717, 1.165) is 0 Å². The predicted molar refractivity (Wildman–Crippen MR) is 69.7 cm³/mol. The Labute approximate surface area is 111 Å². The molecule has 0 spiro atoms. The van der Waals surface area contributed by atoms with E-state index in [4.69, 9.17) is 14.6 Å². The summed E-state index contributed by atoms with van der Waals surface area (Å²) < 4.78 is 10.2. The van der Waals surface area contributed by atoms with Gasteiger partial charge in [0.05, 0.1) is 24.5 Å². The van der Waals surface area contributed by atoms with Crippen LogP contribution in [-0.4, -0.2) is 36.8 Å². The van der Waals surface area contributed by atoms with Crippen molar-refractivity contribution in [3.63, 3.8) is 0 Å². The molecule has 19 heavy (non-hydrogen) atoms. The van der Waals surface area contributed by atoms with Crippen LogP contribution in [0, 0.1) is 0 Å². The fourth-order valence-corrected chi connectivity index (χ4v) is 1.37. The average molecular weight is 267 g/mol. The minimum atomic E-state index is -1.07. The lowest BCUT2D eigenvalue weighted by atomic mass is 10.2. The Kier molecular flexibility index (Phi) is 5.32. The van der Waals surface area contributed by atoms with Gasteiger partial charge >= 0.3 is 5.97 Å². The number of anilines is 1. The van der Waals surface area contributed by atoms with E-state index in [1.54, 1.807) is 0 Å². The molecule has 0 unspecified atom stereocenters. The summed E-state index contributed by atoms with van der Waals surface area (Å²) in [5, 5.41) is 11.5. The van der Waals surface area contributed by atoms with Crippen molar-refractivity contribution in [2.75, 3.05) is 19.0 Å². The SMILES string of the molecule is COc1ccc(C(=O)O)cc1NC(=O)COC(C)C. The van der Waals surface area contributed by atoms with Crippen LogP contribution in [0.1, 0.15) is 24.2 Å². The molecule has 0 heterocycles. The summed E-state index contributed by atoms with van der Waals surface area (Å²) in [7, 11) is 1.44. The Morgan fingerprint density at radius 1 is 1.37 bits per heavy atom. The van der Waals surface area contributed by atoms with Crippen molar-refractivity contribution in [3.8, 4) is 5.75 Å². The molecular weight excluding hydrogens is 250 g/mol. The number of amides is 1. The molecule has 0 bridgehead atoms. The van der Waals surface area contributed by atoms with Gasteiger partial charge in [-0.15, -0.1) is 0 Å². The van der Waals surface area contributed by atoms with Crippen LogP contribution in [0.2, 0.25) is 0 Å². The highest BCUT2D eigenvalue weighted by molar-refractivity contribution is 5.96. The lowest BCUT2D eigenvalue weighted by molar-refractivity contribution is -0.121. The van der Waals surface area contributed by atoms with Crippen molar-refractivity contribution in [2.24, 2.45) is 0 Å². The van der Waals surface area contributed by atoms with Gasteiger partial charge in [0, 0.05) is 0 Å². The van der Waals surface area contributed by atoms with Crippen LogP contribution < -0.4 is 10.1 Å². The van der Waals surface area contributed by atoms with E-state index in [0.29, 0.717) is 11.4 Å². The molecule has 1 rings (SSSR count). The highest BCUT2D eigenvalue weighted by atomic mass is 16.5. The van der Waals surface area contributed by atoms with Crippen molar-refractivity contribution in [1.82, 2.24) is 0 Å². The lowest BCUT2D eigenvalue weighted by Gasteiger charge is -2.12. The Bertz CT molecular complexity index is 470. The number of carboxylic acids is 1. The van der Waals surface area contributed by atoms with Gasteiger partial charge in [0.25, 0.3) is 0 Å². The van der Waals surface area contributed by atoms with E-state index < -0.39 is 5.97 Å². The van der Waals surface area contributed by atoms with Crippen molar-refractivity contribution in [2.45, 2.75) is 20.0 Å². The van der Waals surface area contributed by atoms with E-state index >= 15 is 0 Å². The Morgan fingerprint density at radius 3 is 2.58 bits per heavy atom. The number of hydrogen-bond donors (Lipinski definition) is 2. The van der Waals surface area contributed by atoms with E-state index in [1.165, 1.54) is 25.3 Å². The first-order chi connectivity index (χ1) is 8.93. The minimum absolute atomic E-state index is 0.0574. The fourth-order valence-electron chi connectivity index (χ4n) is 1.37. The first kappa shape index (κ1) is 15.0. The molecule has 1 aromatic rings. The summed E-state index contributed by atoms with van der Waals surface area (Å²) in [4.78, 5) is 22.5. The van der Waals surface area contributed by atoms with Gasteiger partial charge in [-0.25, -0.2) is 4.79 Å². The molecule has 6 nitrogen and oxygen atoms in total. The molecule has 0 aliphatic heterocycles. The molecule has 0 aliphatic rings. The van der Waals surface area contributed by atoms with Crippen LogP contribution in [0.5, 0.6) is 5.75 Å². The second-order valence-corrected chi connectivity index (χ2v) is 4.13. The van der Waals surface area contributed by atoms with E-state index in [9.17, 15) is 9.59 Å². The maximum absolute atomic E-state index is 11.6. The Balaban J connectivity index is 2.82. The van der Waals surface area contributed by atoms with Gasteiger partial charge < -0.3 is 19.9 Å². The third kappa shape index (κ3) is 4.59. The van der Waals surface area contributed by atoms with Gasteiger partial charge in [-0.2, -0.15) is 0 Å². The maximum atomic E-state index is 11.6. The smallest absolute Gasteiger partial charge is 0.335 e. The molecule has 104 valence electrons. The fraction of sp³-hybridized carbons (Fsp3) is 0.385. The summed E-state index contributed by atoms with van der Waals surface area (Å²) in [5.41, 5.74) is 0.376. The van der Waals surface area contributed by atoms with Gasteiger partial charge in [0.15, 0.2) is 0 Å². The second kappa shape index (κ2) is 6.75. The third-order valence-corrected chi connectivity index (χ3v) is 2.27. The Morgan fingerprint density at radius 2 is 2.05 bits per heavy atom. The first-order valence-electron chi connectivity index (χ1n) is 5.76. The Hall–Kier alpha value is -2.08. The van der Waals surface area contributed by atoms with Crippen LogP contribution in [0.3, 0.4) is 0 Å². The molecule has 0 saturated heterocycles. The van der Waals surface area contributed by atoms with E-state index in [-0.39, 0.29) is 24.2 Å². The standard InChI is InChI=1S/C13H17NO5/c1-8(2)19-7-12(15)14-10-6-9(13(16)17)4-5-11(10)18-3/h4-6,8H,7H2,1-3H3,(H,14,15)(H,16,17). The van der Waals surface area contributed by atoms with Crippen molar-refractivity contribution in [1.29, 1.82) is 0 Å². The van der Waals surface area contributed by atoms with Gasteiger partial charge in [0.1, 0.15) is 12.4 Å². The summed E-state index contributed by atoms with van der Waals surface area (Å²) in [6, 6.07) is 4.23. The number of methoxy groups -OCH3 is 1. The van der Waals surface area contributed by atoms with Crippen LogP contribution in [-0.2, 0) is 9.53 Å². The van der Waals surface area contributed by atoms with Gasteiger partial charge in [-0.05, 0) is 32.0 Å². The lowest BCUT2D eigenvalue weighted by Crippen LogP contribution is -2.21. The van der Waals surface area contributed by atoms with E-state index in [2.05, 4.69) is 5.32 Å². The zero-order chi connectivity index (χ0) is 14.4. The van der Waals surface area contributed by atoms with Gasteiger partial charge in [-0.3, -0.25) is 4.79 Å². The zero-order valence-corrected chi connectivity index (χ0v) is 11.1. The normalized spacial score (nSPS) is 10.3.